The van der Waals surface area contributed by atoms with Crippen LogP contribution in [0.3, 0.4) is 0 Å². The second kappa shape index (κ2) is 4.15. The molecule has 2 heterocycles. The summed E-state index contributed by atoms with van der Waals surface area (Å²) in [6.45, 7) is 0. The van der Waals surface area contributed by atoms with Gasteiger partial charge in [0.25, 0.3) is 0 Å². The summed E-state index contributed by atoms with van der Waals surface area (Å²) in [4.78, 5) is 40.1. The largest absolute Gasteiger partial charge is 0.478 e. The van der Waals surface area contributed by atoms with Crippen LogP contribution in [-0.2, 0) is 9.59 Å². The number of imide groups is 1. The fourth-order valence-electron chi connectivity index (χ4n) is 2.77. The Bertz CT molecular complexity index is 545. The Labute approximate surface area is 109 Å². The number of carboxylic acids is 1. The van der Waals surface area contributed by atoms with Gasteiger partial charge in [-0.1, -0.05) is 0 Å². The number of rotatable bonds is 2. The maximum atomic E-state index is 12.2. The lowest BCUT2D eigenvalue weighted by atomic mass is 9.97. The number of hydrogen-bond acceptors (Lipinski definition) is 4. The van der Waals surface area contributed by atoms with Crippen LogP contribution in [0, 0.1) is 11.8 Å². The van der Waals surface area contributed by atoms with Gasteiger partial charge in [0.1, 0.15) is 5.82 Å². The fraction of sp³-hybridized carbons (Fsp3) is 0.385. The monoisotopic (exact) mass is 260 g/mol. The minimum atomic E-state index is -1.09. The minimum Gasteiger partial charge on any atom is -0.478 e. The van der Waals surface area contributed by atoms with Gasteiger partial charge in [0, 0.05) is 18.0 Å². The molecule has 2 fully saturated rings. The van der Waals surface area contributed by atoms with Crippen molar-refractivity contribution in [2.24, 2.45) is 11.8 Å². The van der Waals surface area contributed by atoms with Crippen molar-refractivity contribution in [3.63, 3.8) is 0 Å². The van der Waals surface area contributed by atoms with Crippen LogP contribution in [0.1, 0.15) is 29.6 Å². The lowest BCUT2D eigenvalue weighted by Gasteiger charge is -2.28. The van der Waals surface area contributed by atoms with Gasteiger partial charge in [0.15, 0.2) is 0 Å². The molecule has 0 radical (unpaired) electrons. The SMILES string of the molecule is O=C(O)c1ccc(N2C(=O)C3CCC(C3)C2=O)nc1. The van der Waals surface area contributed by atoms with E-state index >= 15 is 0 Å². The molecule has 1 saturated carbocycles. The van der Waals surface area contributed by atoms with Crippen LogP contribution in [0.4, 0.5) is 5.82 Å². The summed E-state index contributed by atoms with van der Waals surface area (Å²) in [6, 6.07) is 2.76. The number of carbonyl (C=O) groups excluding carboxylic acids is 2. The van der Waals surface area contributed by atoms with E-state index in [-0.39, 0.29) is 35.0 Å². The van der Waals surface area contributed by atoms with Crippen molar-refractivity contribution >= 4 is 23.6 Å². The van der Waals surface area contributed by atoms with Gasteiger partial charge in [-0.25, -0.2) is 14.7 Å². The molecule has 2 bridgehead atoms. The molecule has 1 aromatic heterocycles. The van der Waals surface area contributed by atoms with Crippen molar-refractivity contribution in [2.45, 2.75) is 19.3 Å². The van der Waals surface area contributed by atoms with Gasteiger partial charge in [0.2, 0.25) is 11.8 Å². The fourth-order valence-corrected chi connectivity index (χ4v) is 2.77. The van der Waals surface area contributed by atoms with E-state index in [9.17, 15) is 14.4 Å². The quantitative estimate of drug-likeness (QED) is 0.803. The highest BCUT2D eigenvalue weighted by Gasteiger charge is 2.46. The van der Waals surface area contributed by atoms with Gasteiger partial charge in [-0.2, -0.15) is 0 Å². The van der Waals surface area contributed by atoms with Crippen molar-refractivity contribution in [1.82, 2.24) is 4.98 Å². The molecule has 2 atom stereocenters. The Morgan fingerprint density at radius 1 is 1.21 bits per heavy atom. The molecule has 0 spiro atoms. The second-order valence-electron chi connectivity index (χ2n) is 4.93. The van der Waals surface area contributed by atoms with Crippen LogP contribution in [0.2, 0.25) is 0 Å². The maximum Gasteiger partial charge on any atom is 0.337 e. The number of aromatic carboxylic acids is 1. The molecule has 1 N–H and O–H groups in total. The first-order valence-electron chi connectivity index (χ1n) is 6.15. The van der Waals surface area contributed by atoms with Gasteiger partial charge in [-0.15, -0.1) is 0 Å². The Morgan fingerprint density at radius 2 is 1.84 bits per heavy atom. The van der Waals surface area contributed by atoms with E-state index in [0.29, 0.717) is 6.42 Å². The lowest BCUT2D eigenvalue weighted by molar-refractivity contribution is -0.133. The van der Waals surface area contributed by atoms with E-state index in [1.165, 1.54) is 12.1 Å². The zero-order valence-electron chi connectivity index (χ0n) is 10.1. The van der Waals surface area contributed by atoms with E-state index in [2.05, 4.69) is 4.98 Å². The molecule has 19 heavy (non-hydrogen) atoms. The summed E-state index contributed by atoms with van der Waals surface area (Å²) in [7, 11) is 0. The first-order valence-corrected chi connectivity index (χ1v) is 6.15. The number of piperidine rings is 1. The summed E-state index contributed by atoms with van der Waals surface area (Å²) in [5.74, 6) is -1.48. The number of aromatic nitrogens is 1. The number of carboxylic acid groups (broad SMARTS) is 1. The van der Waals surface area contributed by atoms with E-state index in [4.69, 9.17) is 5.11 Å². The summed E-state index contributed by atoms with van der Waals surface area (Å²) >= 11 is 0. The first kappa shape index (κ1) is 11.8. The van der Waals surface area contributed by atoms with Crippen LogP contribution in [0.25, 0.3) is 0 Å². The minimum absolute atomic E-state index is 0.0311. The predicted molar refractivity (Wildman–Crippen MR) is 64.5 cm³/mol. The van der Waals surface area contributed by atoms with Crippen LogP contribution in [-0.4, -0.2) is 27.9 Å². The van der Waals surface area contributed by atoms with Crippen LogP contribution in [0.15, 0.2) is 18.3 Å². The molecular weight excluding hydrogens is 248 g/mol. The second-order valence-corrected chi connectivity index (χ2v) is 4.93. The molecule has 98 valence electrons. The van der Waals surface area contributed by atoms with Crippen molar-refractivity contribution in [2.75, 3.05) is 4.90 Å². The number of amides is 2. The van der Waals surface area contributed by atoms with Crippen molar-refractivity contribution in [1.29, 1.82) is 0 Å². The zero-order chi connectivity index (χ0) is 13.6. The molecule has 6 nitrogen and oxygen atoms in total. The van der Waals surface area contributed by atoms with Crippen LogP contribution >= 0.6 is 0 Å². The third-order valence-corrected chi connectivity index (χ3v) is 3.80. The van der Waals surface area contributed by atoms with Gasteiger partial charge in [-0.05, 0) is 31.4 Å². The molecule has 1 saturated heterocycles. The number of carbonyl (C=O) groups is 3. The number of anilines is 1. The number of fused-ring (bicyclic) bond motifs is 2. The molecule has 3 rings (SSSR count). The zero-order valence-corrected chi connectivity index (χ0v) is 10.1. The summed E-state index contributed by atoms with van der Waals surface area (Å²) in [5, 5.41) is 8.80. The average molecular weight is 260 g/mol. The van der Waals surface area contributed by atoms with Crippen LogP contribution < -0.4 is 4.90 Å². The van der Waals surface area contributed by atoms with E-state index in [1.54, 1.807) is 0 Å². The molecular formula is C13H12N2O4. The topological polar surface area (TPSA) is 87.6 Å². The Kier molecular flexibility index (Phi) is 2.58. The highest BCUT2D eigenvalue weighted by Crippen LogP contribution is 2.39. The van der Waals surface area contributed by atoms with Gasteiger partial charge in [-0.3, -0.25) is 9.59 Å². The molecule has 6 heteroatoms. The molecule has 1 aliphatic carbocycles. The average Bonchev–Trinajstić information content (AvgIpc) is 2.84. The molecule has 0 aromatic carbocycles. The summed E-state index contributed by atoms with van der Waals surface area (Å²) in [5.41, 5.74) is 0.0311. The Balaban J connectivity index is 1.94. The first-order chi connectivity index (χ1) is 9.08. The summed E-state index contributed by atoms with van der Waals surface area (Å²) in [6.07, 6.45) is 3.30. The van der Waals surface area contributed by atoms with E-state index < -0.39 is 5.97 Å². The number of nitrogens with zero attached hydrogens (tertiary/aromatic N) is 2. The lowest BCUT2D eigenvalue weighted by Crippen LogP contribution is -2.46. The number of hydrogen-bond donors (Lipinski definition) is 1. The molecule has 2 aliphatic rings. The van der Waals surface area contributed by atoms with Crippen molar-refractivity contribution in [3.8, 4) is 0 Å². The molecule has 2 amide bonds. The third-order valence-electron chi connectivity index (χ3n) is 3.80. The Hall–Kier alpha value is -2.24. The van der Waals surface area contributed by atoms with Gasteiger partial charge < -0.3 is 5.11 Å². The third kappa shape index (κ3) is 1.80. The molecule has 2 unspecified atom stereocenters. The van der Waals surface area contributed by atoms with Crippen LogP contribution in [0.5, 0.6) is 0 Å². The molecule has 1 aromatic rings. The smallest absolute Gasteiger partial charge is 0.337 e. The van der Waals surface area contributed by atoms with Gasteiger partial charge >= 0.3 is 5.97 Å². The normalized spacial score (nSPS) is 25.8. The molecule has 1 aliphatic heterocycles. The van der Waals surface area contributed by atoms with E-state index in [0.717, 1.165) is 23.9 Å². The summed E-state index contributed by atoms with van der Waals surface area (Å²) < 4.78 is 0. The van der Waals surface area contributed by atoms with Crippen molar-refractivity contribution in [3.05, 3.63) is 23.9 Å². The maximum absolute atomic E-state index is 12.2. The Morgan fingerprint density at radius 3 is 2.32 bits per heavy atom. The number of pyridine rings is 1. The standard InChI is InChI=1S/C13H12N2O4/c16-11-7-1-2-8(5-7)12(17)15(11)10-4-3-9(6-14-10)13(18)19/h3-4,6-8H,1-2,5H2,(H,18,19). The van der Waals surface area contributed by atoms with Crippen molar-refractivity contribution < 1.29 is 19.5 Å². The highest BCUT2D eigenvalue weighted by atomic mass is 16.4. The van der Waals surface area contributed by atoms with Gasteiger partial charge in [0.05, 0.1) is 5.56 Å². The highest BCUT2D eigenvalue weighted by molar-refractivity contribution is 6.18. The predicted octanol–water partition coefficient (Wildman–Crippen LogP) is 1.07. The van der Waals surface area contributed by atoms with E-state index in [1.807, 2.05) is 0 Å².